The van der Waals surface area contributed by atoms with Crippen molar-refractivity contribution >= 4 is 35.0 Å². The maximum Gasteiger partial charge on any atom is 0.397 e. The summed E-state index contributed by atoms with van der Waals surface area (Å²) in [5.41, 5.74) is 0.813. The largest absolute Gasteiger partial charge is 0.397 e. The highest BCUT2D eigenvalue weighted by Gasteiger charge is 2.28. The van der Waals surface area contributed by atoms with E-state index >= 15 is 0 Å². The molecule has 5 nitrogen and oxygen atoms in total. The van der Waals surface area contributed by atoms with E-state index in [4.69, 9.17) is 18.0 Å². The van der Waals surface area contributed by atoms with Crippen molar-refractivity contribution in [3.05, 3.63) is 48.0 Å². The van der Waals surface area contributed by atoms with Gasteiger partial charge in [0, 0.05) is 17.5 Å². The molecule has 0 aliphatic heterocycles. The van der Waals surface area contributed by atoms with Crippen LogP contribution in [-0.4, -0.2) is 44.9 Å². The topological polar surface area (TPSA) is 51.0 Å². The van der Waals surface area contributed by atoms with Gasteiger partial charge in [0.05, 0.1) is 30.4 Å². The van der Waals surface area contributed by atoms with E-state index in [1.807, 2.05) is 0 Å². The molecule has 0 saturated heterocycles. The lowest BCUT2D eigenvalue weighted by atomic mass is 10.2. The highest BCUT2D eigenvalue weighted by atomic mass is 35.5. The third-order valence-electron chi connectivity index (χ3n) is 3.19. The summed E-state index contributed by atoms with van der Waals surface area (Å²) in [5.74, 6) is 0.450. The third-order valence-corrected chi connectivity index (χ3v) is 4.55. The second-order valence-corrected chi connectivity index (χ2v) is 6.61. The first-order chi connectivity index (χ1) is 12.7. The van der Waals surface area contributed by atoms with Crippen LogP contribution >= 0.6 is 23.4 Å². The summed E-state index contributed by atoms with van der Waals surface area (Å²) < 4.78 is 38.2. The van der Waals surface area contributed by atoms with Crippen molar-refractivity contribution in [2.24, 2.45) is 0 Å². The normalized spacial score (nSPS) is 11.1. The molecule has 2 heterocycles. The number of anilines is 1. The molecule has 2 aromatic heterocycles. The summed E-state index contributed by atoms with van der Waals surface area (Å²) >= 11 is 6.69. The molecule has 1 amide bonds. The zero-order valence-electron chi connectivity index (χ0n) is 13.9. The fraction of sp³-hybridized carbons (Fsp3) is 0.235. The van der Waals surface area contributed by atoms with Crippen LogP contribution in [-0.2, 0) is 4.79 Å². The Kier molecular flexibility index (Phi) is 6.93. The number of hydrogen-bond acceptors (Lipinski definition) is 4. The lowest BCUT2D eigenvalue weighted by molar-refractivity contribution is -0.115. The van der Waals surface area contributed by atoms with Crippen molar-refractivity contribution in [1.29, 1.82) is 0 Å². The highest BCUT2D eigenvalue weighted by Crippen LogP contribution is 2.28. The molecule has 142 valence electrons. The average Bonchev–Trinajstić information content (AvgIpc) is 3.00. The van der Waals surface area contributed by atoms with Crippen molar-refractivity contribution in [3.63, 3.8) is 0 Å². The molecule has 0 atom stereocenters. The smallest absolute Gasteiger partial charge is 0.293 e. The molecular weight excluding hydrogens is 401 g/mol. The van der Waals surface area contributed by atoms with Crippen LogP contribution in [0.4, 0.5) is 18.9 Å². The number of thioether (sulfide) groups is 1. The van der Waals surface area contributed by atoms with Gasteiger partial charge in [-0.3, -0.25) is 14.7 Å². The molecule has 10 heteroatoms. The molecule has 2 aromatic rings. The number of alkyl halides is 3. The fourth-order valence-electron chi connectivity index (χ4n) is 2.05. The van der Waals surface area contributed by atoms with Crippen LogP contribution in [0, 0.1) is 12.3 Å². The first-order valence-electron chi connectivity index (χ1n) is 7.46. The van der Waals surface area contributed by atoms with E-state index in [1.54, 1.807) is 24.5 Å². The van der Waals surface area contributed by atoms with E-state index in [1.165, 1.54) is 10.9 Å². The molecule has 0 spiro atoms. The van der Waals surface area contributed by atoms with E-state index in [9.17, 15) is 18.0 Å². The van der Waals surface area contributed by atoms with Crippen molar-refractivity contribution in [1.82, 2.24) is 14.8 Å². The van der Waals surface area contributed by atoms with Gasteiger partial charge in [0.1, 0.15) is 5.69 Å². The number of rotatable bonds is 7. The first-order valence-corrected chi connectivity index (χ1v) is 8.99. The van der Waals surface area contributed by atoms with E-state index in [-0.39, 0.29) is 28.7 Å². The van der Waals surface area contributed by atoms with E-state index < -0.39 is 17.8 Å². The van der Waals surface area contributed by atoms with Gasteiger partial charge in [0.25, 0.3) is 5.91 Å². The number of nitrogens with zero attached hydrogens (tertiary/aromatic N) is 4. The Morgan fingerprint density at radius 2 is 2.22 bits per heavy atom. The third kappa shape index (κ3) is 5.77. The summed E-state index contributed by atoms with van der Waals surface area (Å²) in [6.07, 6.45) is 5.63. The van der Waals surface area contributed by atoms with Crippen LogP contribution < -0.4 is 4.90 Å². The summed E-state index contributed by atoms with van der Waals surface area (Å²) in [7, 11) is 0. The van der Waals surface area contributed by atoms with Gasteiger partial charge in [-0.25, -0.2) is 4.68 Å². The van der Waals surface area contributed by atoms with Gasteiger partial charge >= 0.3 is 6.18 Å². The molecule has 0 radical (unpaired) electrons. The van der Waals surface area contributed by atoms with Gasteiger partial charge in [0.2, 0.25) is 0 Å². The monoisotopic (exact) mass is 414 g/mol. The van der Waals surface area contributed by atoms with E-state index in [2.05, 4.69) is 22.6 Å². The predicted molar refractivity (Wildman–Crippen MR) is 100 cm³/mol. The van der Waals surface area contributed by atoms with Gasteiger partial charge in [-0.1, -0.05) is 24.1 Å². The van der Waals surface area contributed by atoms with Crippen LogP contribution in [0.5, 0.6) is 0 Å². The lowest BCUT2D eigenvalue weighted by Crippen LogP contribution is -2.33. The Morgan fingerprint density at radius 1 is 1.48 bits per heavy atom. The van der Waals surface area contributed by atoms with Crippen molar-refractivity contribution in [3.8, 4) is 18.0 Å². The quantitative estimate of drug-likeness (QED) is 0.511. The molecule has 0 aromatic carbocycles. The van der Waals surface area contributed by atoms with Crippen molar-refractivity contribution < 1.29 is 18.0 Å². The number of carbonyl (C=O) groups is 1. The van der Waals surface area contributed by atoms with E-state index in [0.717, 1.165) is 4.90 Å². The minimum absolute atomic E-state index is 0.0122. The Balaban J connectivity index is 2.19. The molecular formula is C17H14ClF3N4OS. The summed E-state index contributed by atoms with van der Waals surface area (Å²) in [4.78, 5) is 17.7. The fourth-order valence-corrected chi connectivity index (χ4v) is 2.98. The van der Waals surface area contributed by atoms with Crippen molar-refractivity contribution in [2.75, 3.05) is 23.0 Å². The van der Waals surface area contributed by atoms with Crippen LogP contribution in [0.25, 0.3) is 5.69 Å². The molecule has 27 heavy (non-hydrogen) atoms. The van der Waals surface area contributed by atoms with Crippen LogP contribution in [0.3, 0.4) is 0 Å². The number of terminal acetylenes is 1. The number of aromatic nitrogens is 3. The van der Waals surface area contributed by atoms with Gasteiger partial charge in [0.15, 0.2) is 5.15 Å². The zero-order valence-corrected chi connectivity index (χ0v) is 15.5. The second kappa shape index (κ2) is 8.97. The van der Waals surface area contributed by atoms with Gasteiger partial charge in [-0.2, -0.15) is 18.3 Å². The Labute approximate surface area is 163 Å². The lowest BCUT2D eigenvalue weighted by Gasteiger charge is -2.20. The molecule has 0 N–H and O–H groups in total. The SMILES string of the molecule is C#CCN(C(=O)C(=C)CSCC(F)(F)F)c1cn(-c2cccnc2)nc1Cl. The standard InChI is InChI=1S/C17H14ClF3N4OS/c1-3-7-24(16(26)12(2)10-27-11-17(19,20)21)14-9-25(23-15(14)18)13-5-4-6-22-8-13/h1,4-6,8-9H,2,7,10-11H2. The van der Waals surface area contributed by atoms with Crippen LogP contribution in [0.1, 0.15) is 0 Å². The Hall–Kier alpha value is -2.44. The molecule has 0 unspecified atom stereocenters. The van der Waals surface area contributed by atoms with Crippen molar-refractivity contribution in [2.45, 2.75) is 6.18 Å². The van der Waals surface area contributed by atoms with Gasteiger partial charge in [-0.15, -0.1) is 18.2 Å². The van der Waals surface area contributed by atoms with Gasteiger partial charge in [-0.05, 0) is 12.1 Å². The minimum atomic E-state index is -4.32. The summed E-state index contributed by atoms with van der Waals surface area (Å²) in [6.45, 7) is 3.43. The van der Waals surface area contributed by atoms with Crippen LogP contribution in [0.15, 0.2) is 42.9 Å². The van der Waals surface area contributed by atoms with Gasteiger partial charge < -0.3 is 0 Å². The zero-order chi connectivity index (χ0) is 20.0. The maximum atomic E-state index is 12.6. The molecule has 0 bridgehead atoms. The molecule has 2 rings (SSSR count). The number of hydrogen-bond donors (Lipinski definition) is 0. The predicted octanol–water partition coefficient (Wildman–Crippen LogP) is 3.74. The summed E-state index contributed by atoms with van der Waals surface area (Å²) in [5, 5.41) is 4.13. The summed E-state index contributed by atoms with van der Waals surface area (Å²) in [6, 6.07) is 3.44. The number of carbonyl (C=O) groups excluding carboxylic acids is 1. The highest BCUT2D eigenvalue weighted by molar-refractivity contribution is 7.99. The maximum absolute atomic E-state index is 12.6. The average molecular weight is 415 g/mol. The second-order valence-electron chi connectivity index (χ2n) is 5.27. The van der Waals surface area contributed by atoms with E-state index in [0.29, 0.717) is 17.4 Å². The van der Waals surface area contributed by atoms with Crippen LogP contribution in [0.2, 0.25) is 5.15 Å². The molecule has 0 aliphatic rings. The Morgan fingerprint density at radius 3 is 2.81 bits per heavy atom. The first kappa shape index (κ1) is 20.9. The molecule has 0 fully saturated rings. The minimum Gasteiger partial charge on any atom is -0.293 e. The number of halogens is 4. The number of pyridine rings is 1. The Bertz CT molecular complexity index is 861. The molecule has 0 aliphatic carbocycles. The number of amides is 1. The molecule has 0 saturated carbocycles.